The van der Waals surface area contributed by atoms with Crippen molar-refractivity contribution in [1.29, 1.82) is 0 Å². The molecule has 1 aromatic rings. The number of nitrogens with one attached hydrogen (secondary N) is 1. The molecule has 3 aliphatic rings. The third-order valence-corrected chi connectivity index (χ3v) is 9.82. The van der Waals surface area contributed by atoms with E-state index in [1.54, 1.807) is 7.11 Å². The minimum Gasteiger partial charge on any atom is -0.497 e. The Labute approximate surface area is 179 Å². The topological polar surface area (TPSA) is 81.7 Å². The van der Waals surface area contributed by atoms with Gasteiger partial charge in [-0.1, -0.05) is 26.0 Å². The average Bonchev–Trinajstić information content (AvgIpc) is 3.07. The molecule has 30 heavy (non-hydrogen) atoms. The molecule has 2 atom stereocenters. The summed E-state index contributed by atoms with van der Waals surface area (Å²) in [5, 5.41) is 0. The molecule has 1 saturated heterocycles. The molecule has 0 aromatic heterocycles. The largest absolute Gasteiger partial charge is 0.497 e. The van der Waals surface area contributed by atoms with Crippen LogP contribution in [0.1, 0.15) is 51.5 Å². The highest BCUT2D eigenvalue weighted by atomic mass is 32.2. The number of ether oxygens (including phenoxy) is 2. The maximum absolute atomic E-state index is 13.2. The van der Waals surface area contributed by atoms with Gasteiger partial charge in [0.15, 0.2) is 0 Å². The minimum absolute atomic E-state index is 0.0997. The zero-order valence-corrected chi connectivity index (χ0v) is 19.0. The van der Waals surface area contributed by atoms with Crippen LogP contribution in [0.4, 0.5) is 0 Å². The Morgan fingerprint density at radius 2 is 1.80 bits per heavy atom. The number of hydrogen-bond acceptors (Lipinski definition) is 5. The molecule has 1 aromatic carbocycles. The first-order valence-corrected chi connectivity index (χ1v) is 12.5. The number of rotatable bonds is 7. The number of hydrogen-bond donors (Lipinski definition) is 1. The van der Waals surface area contributed by atoms with Crippen LogP contribution in [0.25, 0.3) is 0 Å². The average molecular weight is 436 g/mol. The fourth-order valence-electron chi connectivity index (χ4n) is 6.01. The van der Waals surface area contributed by atoms with Gasteiger partial charge in [-0.15, -0.1) is 0 Å². The Morgan fingerprint density at radius 3 is 2.33 bits per heavy atom. The molecule has 2 saturated carbocycles. The van der Waals surface area contributed by atoms with E-state index in [4.69, 9.17) is 9.47 Å². The van der Waals surface area contributed by atoms with Crippen molar-refractivity contribution >= 4 is 15.8 Å². The van der Waals surface area contributed by atoms with E-state index in [2.05, 4.69) is 18.6 Å². The molecular weight excluding hydrogens is 402 g/mol. The van der Waals surface area contributed by atoms with E-state index in [-0.39, 0.29) is 22.4 Å². The smallest absolute Gasteiger partial charge is 0.212 e. The van der Waals surface area contributed by atoms with Crippen molar-refractivity contribution in [1.82, 2.24) is 4.72 Å². The molecule has 2 bridgehead atoms. The van der Waals surface area contributed by atoms with Gasteiger partial charge in [0.2, 0.25) is 10.0 Å². The molecule has 3 fully saturated rings. The number of carbonyl (C=O) groups excluding carboxylic acids is 1. The lowest BCUT2D eigenvalue weighted by Gasteiger charge is -2.39. The number of methoxy groups -OCH3 is 1. The highest BCUT2D eigenvalue weighted by molar-refractivity contribution is 7.89. The second kappa shape index (κ2) is 7.61. The molecular formula is C23H33NO5S. The molecule has 4 rings (SSSR count). The number of sulfonamides is 1. The van der Waals surface area contributed by atoms with Gasteiger partial charge in [-0.3, -0.25) is 4.79 Å². The molecule has 0 spiro atoms. The van der Waals surface area contributed by atoms with Gasteiger partial charge in [0.25, 0.3) is 0 Å². The lowest BCUT2D eigenvalue weighted by atomic mass is 9.70. The van der Waals surface area contributed by atoms with Gasteiger partial charge >= 0.3 is 0 Å². The van der Waals surface area contributed by atoms with Gasteiger partial charge in [-0.05, 0) is 54.7 Å². The summed E-state index contributed by atoms with van der Waals surface area (Å²) in [7, 11) is -1.98. The molecule has 0 amide bonds. The molecule has 1 N–H and O–H groups in total. The normalized spacial score (nSPS) is 29.8. The second-order valence-corrected chi connectivity index (χ2v) is 11.7. The van der Waals surface area contributed by atoms with E-state index in [9.17, 15) is 13.2 Å². The van der Waals surface area contributed by atoms with E-state index < -0.39 is 15.4 Å². The van der Waals surface area contributed by atoms with Crippen molar-refractivity contribution in [2.75, 3.05) is 32.6 Å². The molecule has 166 valence electrons. The van der Waals surface area contributed by atoms with Crippen LogP contribution in [0.3, 0.4) is 0 Å². The van der Waals surface area contributed by atoms with Crippen LogP contribution < -0.4 is 9.46 Å². The minimum atomic E-state index is -3.61. The number of carbonyl (C=O) groups is 1. The maximum atomic E-state index is 13.2. The Kier molecular flexibility index (Phi) is 5.52. The van der Waals surface area contributed by atoms with E-state index in [1.165, 1.54) is 0 Å². The fraction of sp³-hybridized carbons (Fsp3) is 0.696. The molecule has 6 nitrogen and oxygen atoms in total. The van der Waals surface area contributed by atoms with Crippen LogP contribution in [-0.2, 0) is 25.0 Å². The highest BCUT2D eigenvalue weighted by Crippen LogP contribution is 2.64. The number of fused-ring (bicyclic) bond motifs is 2. The standard InChI is InChI=1S/C23H33NO5S/c1-21(2)18-8-9-23(21,20(25)14-18)16-30(26,27)24-15-22(10-12-29-13-11-22)17-4-6-19(28-3)7-5-17/h4-7,18,24H,8-16H2,1-3H3/t18-,23-/m0/s1. The van der Waals surface area contributed by atoms with Crippen molar-refractivity contribution in [2.24, 2.45) is 16.7 Å². The van der Waals surface area contributed by atoms with Crippen molar-refractivity contribution < 1.29 is 22.7 Å². The summed E-state index contributed by atoms with van der Waals surface area (Å²) in [5.74, 6) is 1.11. The van der Waals surface area contributed by atoms with Crippen molar-refractivity contribution in [3.8, 4) is 5.75 Å². The lowest BCUT2D eigenvalue weighted by Crippen LogP contribution is -2.49. The summed E-state index contributed by atoms with van der Waals surface area (Å²) in [6.45, 7) is 5.67. The summed E-state index contributed by atoms with van der Waals surface area (Å²) in [6.07, 6.45) is 3.65. The predicted molar refractivity (Wildman–Crippen MR) is 115 cm³/mol. The summed E-state index contributed by atoms with van der Waals surface area (Å²) in [5.41, 5.74) is -0.231. The van der Waals surface area contributed by atoms with Gasteiger partial charge in [-0.2, -0.15) is 0 Å². The third kappa shape index (κ3) is 3.49. The van der Waals surface area contributed by atoms with E-state index in [0.29, 0.717) is 38.5 Å². The summed E-state index contributed by atoms with van der Waals surface area (Å²) < 4.78 is 40.1. The van der Waals surface area contributed by atoms with E-state index >= 15 is 0 Å². The Morgan fingerprint density at radius 1 is 1.13 bits per heavy atom. The van der Waals surface area contributed by atoms with Crippen LogP contribution in [0.2, 0.25) is 0 Å². The van der Waals surface area contributed by atoms with Crippen LogP contribution in [0, 0.1) is 16.7 Å². The third-order valence-electron chi connectivity index (χ3n) is 8.36. The monoisotopic (exact) mass is 435 g/mol. The molecule has 0 unspecified atom stereocenters. The van der Waals surface area contributed by atoms with Gasteiger partial charge < -0.3 is 9.47 Å². The van der Waals surface area contributed by atoms with Crippen molar-refractivity contribution in [2.45, 2.75) is 51.4 Å². The number of benzene rings is 1. The zero-order valence-electron chi connectivity index (χ0n) is 18.2. The first-order valence-electron chi connectivity index (χ1n) is 10.9. The summed E-state index contributed by atoms with van der Waals surface area (Å²) >= 11 is 0. The quantitative estimate of drug-likeness (QED) is 0.712. The molecule has 0 radical (unpaired) electrons. The van der Waals surface area contributed by atoms with Gasteiger partial charge in [-0.25, -0.2) is 13.1 Å². The summed E-state index contributed by atoms with van der Waals surface area (Å²) in [6, 6.07) is 7.86. The first-order chi connectivity index (χ1) is 14.1. The van der Waals surface area contributed by atoms with Crippen LogP contribution in [0.15, 0.2) is 24.3 Å². The highest BCUT2D eigenvalue weighted by Gasteiger charge is 2.65. The van der Waals surface area contributed by atoms with Gasteiger partial charge in [0.1, 0.15) is 11.5 Å². The SMILES string of the molecule is COc1ccc(C2(CNS(=O)(=O)C[C@@]34CC[C@@H](CC3=O)C4(C)C)CCOCC2)cc1. The van der Waals surface area contributed by atoms with Crippen LogP contribution in [-0.4, -0.2) is 46.8 Å². The van der Waals surface area contributed by atoms with Gasteiger partial charge in [0, 0.05) is 37.0 Å². The Balaban J connectivity index is 1.54. The molecule has 1 heterocycles. The first kappa shape index (κ1) is 21.8. The molecule has 2 aliphatic carbocycles. The maximum Gasteiger partial charge on any atom is 0.212 e. The Bertz CT molecular complexity index is 902. The molecule has 1 aliphatic heterocycles. The number of Topliss-reactive ketones (excluding diaryl/α,β-unsaturated/α-hetero) is 1. The van der Waals surface area contributed by atoms with E-state index in [0.717, 1.165) is 30.6 Å². The summed E-state index contributed by atoms with van der Waals surface area (Å²) in [4.78, 5) is 12.8. The van der Waals surface area contributed by atoms with E-state index in [1.807, 2.05) is 24.3 Å². The zero-order chi connectivity index (χ0) is 21.6. The molecule has 7 heteroatoms. The lowest BCUT2D eigenvalue weighted by molar-refractivity contribution is -0.128. The van der Waals surface area contributed by atoms with Crippen LogP contribution in [0.5, 0.6) is 5.75 Å². The predicted octanol–water partition coefficient (Wildman–Crippen LogP) is 3.06. The second-order valence-electron chi connectivity index (χ2n) is 9.87. The fourth-order valence-corrected chi connectivity index (χ4v) is 7.93. The van der Waals surface area contributed by atoms with Crippen molar-refractivity contribution in [3.63, 3.8) is 0 Å². The Hall–Kier alpha value is -1.44. The number of ketones is 1. The van der Waals surface area contributed by atoms with Crippen LogP contribution >= 0.6 is 0 Å². The van der Waals surface area contributed by atoms with Gasteiger partial charge in [0.05, 0.1) is 12.9 Å². The van der Waals surface area contributed by atoms with Crippen molar-refractivity contribution in [3.05, 3.63) is 29.8 Å².